The lowest BCUT2D eigenvalue weighted by Gasteiger charge is -2.21. The lowest BCUT2D eigenvalue weighted by Crippen LogP contribution is -2.22. The highest BCUT2D eigenvalue weighted by atomic mass is 16.5. The van der Waals surface area contributed by atoms with Crippen molar-refractivity contribution in [2.75, 3.05) is 14.2 Å². The summed E-state index contributed by atoms with van der Waals surface area (Å²) in [6.45, 7) is 6.41. The molecule has 4 heteroatoms. The minimum atomic E-state index is 0.307. The van der Waals surface area contributed by atoms with Crippen molar-refractivity contribution in [2.24, 2.45) is 0 Å². The Morgan fingerprint density at radius 3 is 2.59 bits per heavy atom. The third kappa shape index (κ3) is 3.82. The van der Waals surface area contributed by atoms with Crippen molar-refractivity contribution >= 4 is 0 Å². The average Bonchev–Trinajstić information content (AvgIpc) is 2.78. The molecule has 0 fully saturated rings. The van der Waals surface area contributed by atoms with Gasteiger partial charge in [-0.2, -0.15) is 5.10 Å². The second-order valence-electron chi connectivity index (χ2n) is 4.76. The van der Waals surface area contributed by atoms with Crippen molar-refractivity contribution in [3.63, 3.8) is 0 Å². The Balaban J connectivity index is 2.69. The number of hydrogen-bond donors (Lipinski definition) is 1. The monoisotopic (exact) mass is 239 g/mol. The maximum atomic E-state index is 5.29. The molecule has 0 aliphatic carbocycles. The zero-order valence-electron chi connectivity index (χ0n) is 11.6. The van der Waals surface area contributed by atoms with E-state index in [0.29, 0.717) is 18.2 Å². The molecular formula is C13H25N3O. The molecule has 0 aliphatic rings. The summed E-state index contributed by atoms with van der Waals surface area (Å²) in [6.07, 6.45) is 4.29. The zero-order chi connectivity index (χ0) is 12.8. The lowest BCUT2D eigenvalue weighted by molar-refractivity contribution is 0.106. The van der Waals surface area contributed by atoms with Gasteiger partial charge in [-0.05, 0) is 46.7 Å². The predicted octanol–water partition coefficient (Wildman–Crippen LogP) is 2.54. The van der Waals surface area contributed by atoms with Crippen LogP contribution in [0.1, 0.15) is 51.4 Å². The van der Waals surface area contributed by atoms with Gasteiger partial charge in [-0.15, -0.1) is 0 Å². The first-order chi connectivity index (χ1) is 8.10. The van der Waals surface area contributed by atoms with Crippen molar-refractivity contribution < 1.29 is 4.74 Å². The van der Waals surface area contributed by atoms with Gasteiger partial charge in [0.1, 0.15) is 0 Å². The van der Waals surface area contributed by atoms with Crippen LogP contribution in [0.5, 0.6) is 0 Å². The smallest absolute Gasteiger partial charge is 0.0556 e. The van der Waals surface area contributed by atoms with Gasteiger partial charge < -0.3 is 10.1 Å². The van der Waals surface area contributed by atoms with E-state index >= 15 is 0 Å². The van der Waals surface area contributed by atoms with E-state index in [9.17, 15) is 0 Å². The van der Waals surface area contributed by atoms with Crippen molar-refractivity contribution in [1.29, 1.82) is 0 Å². The molecule has 0 saturated heterocycles. The summed E-state index contributed by atoms with van der Waals surface area (Å²) in [6, 6.07) is 2.84. The zero-order valence-corrected chi connectivity index (χ0v) is 11.6. The fourth-order valence-corrected chi connectivity index (χ4v) is 1.99. The van der Waals surface area contributed by atoms with Gasteiger partial charge in [0.05, 0.1) is 11.8 Å². The third-order valence-electron chi connectivity index (χ3n) is 3.16. The van der Waals surface area contributed by atoms with E-state index in [1.165, 1.54) is 5.69 Å². The Bertz CT molecular complexity index is 322. The molecule has 0 bridgehead atoms. The Morgan fingerprint density at radius 2 is 2.06 bits per heavy atom. The molecule has 1 N–H and O–H groups in total. The van der Waals surface area contributed by atoms with Gasteiger partial charge in [0, 0.05) is 25.4 Å². The molecule has 1 rings (SSSR count). The van der Waals surface area contributed by atoms with Crippen LogP contribution in [0.15, 0.2) is 12.3 Å². The highest BCUT2D eigenvalue weighted by molar-refractivity contribution is 5.07. The number of aromatic nitrogens is 2. The van der Waals surface area contributed by atoms with Crippen LogP contribution >= 0.6 is 0 Å². The van der Waals surface area contributed by atoms with Crippen LogP contribution < -0.4 is 5.32 Å². The molecule has 17 heavy (non-hydrogen) atoms. The number of hydrogen-bond acceptors (Lipinski definition) is 3. The normalized spacial score (nSPS) is 15.2. The second kappa shape index (κ2) is 6.77. The maximum absolute atomic E-state index is 5.29. The fraction of sp³-hybridized carbons (Fsp3) is 0.769. The molecule has 98 valence electrons. The minimum Gasteiger partial charge on any atom is -0.382 e. The van der Waals surface area contributed by atoms with E-state index in [1.54, 1.807) is 7.11 Å². The summed E-state index contributed by atoms with van der Waals surface area (Å²) in [5.41, 5.74) is 1.26. The first-order valence-electron chi connectivity index (χ1n) is 6.33. The van der Waals surface area contributed by atoms with E-state index < -0.39 is 0 Å². The fourth-order valence-electron chi connectivity index (χ4n) is 1.99. The number of ether oxygens (including phenoxy) is 1. The van der Waals surface area contributed by atoms with Crippen molar-refractivity contribution in [2.45, 2.75) is 51.8 Å². The van der Waals surface area contributed by atoms with Crippen LogP contribution in [0.4, 0.5) is 0 Å². The quantitative estimate of drug-likeness (QED) is 0.794. The molecule has 0 amide bonds. The van der Waals surface area contributed by atoms with Crippen LogP contribution in [-0.2, 0) is 4.74 Å². The van der Waals surface area contributed by atoms with Gasteiger partial charge >= 0.3 is 0 Å². The molecule has 2 atom stereocenters. The average molecular weight is 239 g/mol. The van der Waals surface area contributed by atoms with E-state index in [2.05, 4.69) is 41.9 Å². The predicted molar refractivity (Wildman–Crippen MR) is 70.1 cm³/mol. The molecule has 1 aromatic heterocycles. The van der Waals surface area contributed by atoms with E-state index in [1.807, 2.05) is 13.2 Å². The molecule has 1 heterocycles. The van der Waals surface area contributed by atoms with Gasteiger partial charge in [0.2, 0.25) is 0 Å². The first kappa shape index (κ1) is 14.2. The molecule has 1 aromatic rings. The standard InChI is InChI=1S/C13H25N3O/c1-10(2)16-13(8-9-15-16)12(14-4)7-6-11(3)17-5/h8-12,14H,6-7H2,1-5H3. The van der Waals surface area contributed by atoms with Crippen LogP contribution in [0.25, 0.3) is 0 Å². The van der Waals surface area contributed by atoms with Crippen LogP contribution in [0.2, 0.25) is 0 Å². The number of methoxy groups -OCH3 is 1. The van der Waals surface area contributed by atoms with Gasteiger partial charge in [-0.3, -0.25) is 4.68 Å². The molecule has 0 spiro atoms. The molecular weight excluding hydrogens is 214 g/mol. The summed E-state index contributed by atoms with van der Waals surface area (Å²) in [4.78, 5) is 0. The third-order valence-corrected chi connectivity index (χ3v) is 3.16. The first-order valence-corrected chi connectivity index (χ1v) is 6.33. The molecule has 4 nitrogen and oxygen atoms in total. The number of nitrogens with zero attached hydrogens (tertiary/aromatic N) is 2. The summed E-state index contributed by atoms with van der Waals surface area (Å²) in [5.74, 6) is 0. The number of nitrogens with one attached hydrogen (secondary N) is 1. The Labute approximate surface area is 104 Å². The Morgan fingerprint density at radius 1 is 1.35 bits per heavy atom. The summed E-state index contributed by atoms with van der Waals surface area (Å²) >= 11 is 0. The van der Waals surface area contributed by atoms with Crippen LogP contribution in [0.3, 0.4) is 0 Å². The second-order valence-corrected chi connectivity index (χ2v) is 4.76. The summed E-state index contributed by atoms with van der Waals surface area (Å²) in [5, 5.41) is 7.74. The van der Waals surface area contributed by atoms with Crippen LogP contribution in [-0.4, -0.2) is 30.0 Å². The largest absolute Gasteiger partial charge is 0.382 e. The molecule has 0 saturated carbocycles. The lowest BCUT2D eigenvalue weighted by atomic mass is 10.1. The van der Waals surface area contributed by atoms with Crippen molar-refractivity contribution in [3.05, 3.63) is 18.0 Å². The van der Waals surface area contributed by atoms with E-state index in [-0.39, 0.29) is 0 Å². The summed E-state index contributed by atoms with van der Waals surface area (Å²) in [7, 11) is 3.76. The number of rotatable bonds is 7. The van der Waals surface area contributed by atoms with Gasteiger partial charge in [-0.25, -0.2) is 0 Å². The van der Waals surface area contributed by atoms with Crippen molar-refractivity contribution in [3.8, 4) is 0 Å². The van der Waals surface area contributed by atoms with E-state index in [0.717, 1.165) is 12.8 Å². The van der Waals surface area contributed by atoms with Gasteiger partial charge in [0.25, 0.3) is 0 Å². The molecule has 0 radical (unpaired) electrons. The highest BCUT2D eigenvalue weighted by Crippen LogP contribution is 2.21. The molecule has 0 aliphatic heterocycles. The van der Waals surface area contributed by atoms with Gasteiger partial charge in [0.15, 0.2) is 0 Å². The Hall–Kier alpha value is -0.870. The van der Waals surface area contributed by atoms with Crippen LogP contribution in [0, 0.1) is 0 Å². The topological polar surface area (TPSA) is 39.1 Å². The Kier molecular flexibility index (Phi) is 5.65. The van der Waals surface area contributed by atoms with Crippen molar-refractivity contribution in [1.82, 2.24) is 15.1 Å². The summed E-state index contributed by atoms with van der Waals surface area (Å²) < 4.78 is 7.37. The highest BCUT2D eigenvalue weighted by Gasteiger charge is 2.16. The maximum Gasteiger partial charge on any atom is 0.0556 e. The SMILES string of the molecule is CNC(CCC(C)OC)c1ccnn1C(C)C. The minimum absolute atomic E-state index is 0.307. The molecule has 0 aromatic carbocycles. The molecule has 2 unspecified atom stereocenters. The van der Waals surface area contributed by atoms with E-state index in [4.69, 9.17) is 4.74 Å². The van der Waals surface area contributed by atoms with Gasteiger partial charge in [-0.1, -0.05) is 0 Å².